The molecule has 168 valence electrons. The van der Waals surface area contributed by atoms with E-state index in [2.05, 4.69) is 10.3 Å². The Morgan fingerprint density at radius 2 is 1.82 bits per heavy atom. The molecule has 2 amide bonds. The molecule has 1 aromatic heterocycles. The molecular formula is C25H23FN4O2S. The molecule has 2 aromatic carbocycles. The fourth-order valence-electron chi connectivity index (χ4n) is 3.52. The third kappa shape index (κ3) is 5.46. The van der Waals surface area contributed by atoms with Gasteiger partial charge in [0, 0.05) is 18.3 Å². The molecule has 1 N–H and O–H groups in total. The van der Waals surface area contributed by atoms with E-state index in [1.807, 2.05) is 50.2 Å². The van der Waals surface area contributed by atoms with Crippen molar-refractivity contribution < 1.29 is 14.0 Å². The van der Waals surface area contributed by atoms with Crippen LogP contribution in [0.1, 0.15) is 23.2 Å². The lowest BCUT2D eigenvalue weighted by molar-refractivity contribution is -0.128. The Bertz CT molecular complexity index is 1180. The van der Waals surface area contributed by atoms with Gasteiger partial charge in [0.05, 0.1) is 17.9 Å². The van der Waals surface area contributed by atoms with Crippen LogP contribution in [-0.4, -0.2) is 32.1 Å². The molecule has 0 bridgehead atoms. The monoisotopic (exact) mass is 462 g/mol. The molecule has 6 nitrogen and oxygen atoms in total. The van der Waals surface area contributed by atoms with Crippen molar-refractivity contribution in [2.24, 2.45) is 4.99 Å². The lowest BCUT2D eigenvalue weighted by atomic mass is 10.1. The highest BCUT2D eigenvalue weighted by molar-refractivity contribution is 8.15. The number of aromatic nitrogens is 1. The van der Waals surface area contributed by atoms with Crippen LogP contribution in [0.25, 0.3) is 0 Å². The zero-order valence-electron chi connectivity index (χ0n) is 18.3. The van der Waals surface area contributed by atoms with Gasteiger partial charge in [-0.05, 0) is 61.4 Å². The van der Waals surface area contributed by atoms with Crippen molar-refractivity contribution in [3.63, 3.8) is 0 Å². The largest absolute Gasteiger partial charge is 0.326 e. The molecule has 8 heteroatoms. The summed E-state index contributed by atoms with van der Waals surface area (Å²) in [4.78, 5) is 36.6. The molecular weight excluding hydrogens is 439 g/mol. The minimum Gasteiger partial charge on any atom is -0.326 e. The van der Waals surface area contributed by atoms with Gasteiger partial charge in [-0.1, -0.05) is 36.0 Å². The molecule has 0 spiro atoms. The second-order valence-corrected chi connectivity index (χ2v) is 8.92. The number of halogens is 1. The third-order valence-electron chi connectivity index (χ3n) is 5.21. The van der Waals surface area contributed by atoms with E-state index < -0.39 is 5.25 Å². The number of para-hydroxylation sites is 1. The summed E-state index contributed by atoms with van der Waals surface area (Å²) < 4.78 is 13.1. The van der Waals surface area contributed by atoms with Crippen LogP contribution in [-0.2, 0) is 16.1 Å². The maximum Gasteiger partial charge on any atom is 0.243 e. The van der Waals surface area contributed by atoms with Gasteiger partial charge < -0.3 is 5.32 Å². The van der Waals surface area contributed by atoms with E-state index >= 15 is 0 Å². The number of nitrogens with one attached hydrogen (secondary N) is 1. The van der Waals surface area contributed by atoms with Crippen LogP contribution >= 0.6 is 11.8 Å². The SMILES string of the molecule is Cc1cccc(C)c1N=C1SC(CC(=O)Nc2ccc(F)cc2)C(=O)N1Cc1ccccn1. The number of anilines is 1. The maximum absolute atomic E-state index is 13.3. The lowest BCUT2D eigenvalue weighted by Crippen LogP contribution is -2.33. The van der Waals surface area contributed by atoms with E-state index in [-0.39, 0.29) is 30.6 Å². The van der Waals surface area contributed by atoms with Crippen LogP contribution in [0.4, 0.5) is 15.8 Å². The van der Waals surface area contributed by atoms with Gasteiger partial charge in [-0.25, -0.2) is 9.38 Å². The van der Waals surface area contributed by atoms with E-state index in [4.69, 9.17) is 4.99 Å². The fraction of sp³-hybridized carbons (Fsp3) is 0.200. The Kier molecular flexibility index (Phi) is 6.84. The minimum absolute atomic E-state index is 0.0225. The number of pyridine rings is 1. The predicted octanol–water partition coefficient (Wildman–Crippen LogP) is 5.00. The number of benzene rings is 2. The number of amidine groups is 1. The van der Waals surface area contributed by atoms with E-state index in [9.17, 15) is 14.0 Å². The Morgan fingerprint density at radius 3 is 2.48 bits per heavy atom. The molecule has 1 atom stereocenters. The van der Waals surface area contributed by atoms with Gasteiger partial charge in [-0.15, -0.1) is 0 Å². The van der Waals surface area contributed by atoms with Gasteiger partial charge >= 0.3 is 0 Å². The topological polar surface area (TPSA) is 74.7 Å². The highest BCUT2D eigenvalue weighted by Gasteiger charge is 2.39. The van der Waals surface area contributed by atoms with Gasteiger partial charge in [0.2, 0.25) is 11.8 Å². The van der Waals surface area contributed by atoms with Gasteiger partial charge in [-0.2, -0.15) is 0 Å². The molecule has 3 aromatic rings. The maximum atomic E-state index is 13.3. The standard InChI is InChI=1S/C25H23FN4O2S/c1-16-6-5-7-17(2)23(16)29-25-30(15-20-8-3-4-13-27-20)24(32)21(33-25)14-22(31)28-19-11-9-18(26)10-12-19/h3-13,21H,14-15H2,1-2H3,(H,28,31). The Balaban J connectivity index is 1.58. The van der Waals surface area contributed by atoms with E-state index in [1.54, 1.807) is 11.1 Å². The summed E-state index contributed by atoms with van der Waals surface area (Å²) in [5.74, 6) is -0.893. The van der Waals surface area contributed by atoms with Crippen LogP contribution < -0.4 is 5.32 Å². The van der Waals surface area contributed by atoms with Gasteiger partial charge in [0.1, 0.15) is 11.1 Å². The number of aliphatic imine (C=N–C) groups is 1. The molecule has 33 heavy (non-hydrogen) atoms. The van der Waals surface area contributed by atoms with Crippen LogP contribution in [0.3, 0.4) is 0 Å². The summed E-state index contributed by atoms with van der Waals surface area (Å²) in [6.07, 6.45) is 1.66. The highest BCUT2D eigenvalue weighted by atomic mass is 32.2. The first-order valence-corrected chi connectivity index (χ1v) is 11.4. The number of rotatable bonds is 6. The van der Waals surface area contributed by atoms with Gasteiger partial charge in [-0.3, -0.25) is 19.5 Å². The summed E-state index contributed by atoms with van der Waals surface area (Å²) in [6.45, 7) is 4.22. The van der Waals surface area contributed by atoms with E-state index in [0.717, 1.165) is 22.5 Å². The van der Waals surface area contributed by atoms with Crippen molar-refractivity contribution in [2.75, 3.05) is 5.32 Å². The van der Waals surface area contributed by atoms with E-state index in [1.165, 1.54) is 36.0 Å². The van der Waals surface area contributed by atoms with Crippen molar-refractivity contribution in [2.45, 2.75) is 32.1 Å². The van der Waals surface area contributed by atoms with Crippen molar-refractivity contribution in [3.8, 4) is 0 Å². The molecule has 1 fully saturated rings. The zero-order chi connectivity index (χ0) is 23.4. The lowest BCUT2D eigenvalue weighted by Gasteiger charge is -2.16. The normalized spacial score (nSPS) is 16.9. The fourth-order valence-corrected chi connectivity index (χ4v) is 4.66. The molecule has 0 saturated carbocycles. The molecule has 2 heterocycles. The van der Waals surface area contributed by atoms with E-state index in [0.29, 0.717) is 10.9 Å². The predicted molar refractivity (Wildman–Crippen MR) is 129 cm³/mol. The zero-order valence-corrected chi connectivity index (χ0v) is 19.1. The number of aryl methyl sites for hydroxylation is 2. The molecule has 1 aliphatic rings. The second-order valence-electron chi connectivity index (χ2n) is 7.75. The summed E-state index contributed by atoms with van der Waals surface area (Å²) in [6, 6.07) is 17.0. The summed E-state index contributed by atoms with van der Waals surface area (Å²) in [7, 11) is 0. The number of carbonyl (C=O) groups excluding carboxylic acids is 2. The number of amides is 2. The smallest absolute Gasteiger partial charge is 0.243 e. The average molecular weight is 463 g/mol. The quantitative estimate of drug-likeness (QED) is 0.560. The molecule has 0 radical (unpaired) electrons. The third-order valence-corrected chi connectivity index (χ3v) is 6.39. The number of thioether (sulfide) groups is 1. The first-order chi connectivity index (χ1) is 15.9. The molecule has 1 aliphatic heterocycles. The minimum atomic E-state index is -0.614. The molecule has 0 aliphatic carbocycles. The van der Waals surface area contributed by atoms with Gasteiger partial charge in [0.15, 0.2) is 5.17 Å². The van der Waals surface area contributed by atoms with Crippen LogP contribution in [0.15, 0.2) is 71.9 Å². The number of hydrogen-bond donors (Lipinski definition) is 1. The van der Waals surface area contributed by atoms with Crippen LogP contribution in [0, 0.1) is 19.7 Å². The highest BCUT2D eigenvalue weighted by Crippen LogP contribution is 2.34. The van der Waals surface area contributed by atoms with Crippen LogP contribution in [0.2, 0.25) is 0 Å². The van der Waals surface area contributed by atoms with Crippen molar-refractivity contribution >= 4 is 40.1 Å². The van der Waals surface area contributed by atoms with Gasteiger partial charge in [0.25, 0.3) is 0 Å². The van der Waals surface area contributed by atoms with Crippen molar-refractivity contribution in [3.05, 3.63) is 89.5 Å². The van der Waals surface area contributed by atoms with Crippen LogP contribution in [0.5, 0.6) is 0 Å². The summed E-state index contributed by atoms with van der Waals surface area (Å²) in [5, 5.41) is 2.65. The van der Waals surface area contributed by atoms with Crippen molar-refractivity contribution in [1.29, 1.82) is 0 Å². The summed E-state index contributed by atoms with van der Waals surface area (Å²) >= 11 is 1.28. The Hall–Kier alpha value is -3.52. The molecule has 1 saturated heterocycles. The first-order valence-electron chi connectivity index (χ1n) is 10.5. The number of hydrogen-bond acceptors (Lipinski definition) is 5. The average Bonchev–Trinajstić information content (AvgIpc) is 3.07. The van der Waals surface area contributed by atoms with Crippen molar-refractivity contribution in [1.82, 2.24) is 9.88 Å². The molecule has 4 rings (SSSR count). The number of carbonyl (C=O) groups is 2. The molecule has 1 unspecified atom stereocenters. The Labute approximate surface area is 195 Å². The second kappa shape index (κ2) is 9.95. The first kappa shape index (κ1) is 22.7. The Morgan fingerprint density at radius 1 is 1.09 bits per heavy atom. The number of nitrogens with zero attached hydrogens (tertiary/aromatic N) is 3. The summed E-state index contributed by atoms with van der Waals surface area (Å²) in [5.41, 5.74) is 4.04.